The molecular weight excluding hydrogens is 286 g/mol. The van der Waals surface area contributed by atoms with E-state index in [1.165, 1.54) is 0 Å². The van der Waals surface area contributed by atoms with E-state index >= 15 is 0 Å². The summed E-state index contributed by atoms with van der Waals surface area (Å²) in [6, 6.07) is 5.72. The lowest BCUT2D eigenvalue weighted by atomic mass is 10.1. The van der Waals surface area contributed by atoms with Crippen LogP contribution in [0.15, 0.2) is 40.4 Å². The zero-order valence-corrected chi connectivity index (χ0v) is 10.9. The molecule has 0 saturated carbocycles. The van der Waals surface area contributed by atoms with Crippen molar-refractivity contribution in [2.24, 2.45) is 0 Å². The summed E-state index contributed by atoms with van der Waals surface area (Å²) in [5.74, 6) is 0.231. The number of carbonyl (C=O) groups excluding carboxylic acids is 1. The number of halogens is 1. The number of nitrogens with zero attached hydrogens (tertiary/aromatic N) is 1. The van der Waals surface area contributed by atoms with Crippen LogP contribution in [0.1, 0.15) is 10.4 Å². The molecule has 0 aliphatic carbocycles. The smallest absolute Gasteiger partial charge is 0.142 e. The molecule has 0 aliphatic heterocycles. The largest absolute Gasteiger partial charge is 0.299 e. The first-order valence-electron chi connectivity index (χ1n) is 4.88. The van der Waals surface area contributed by atoms with Crippen LogP contribution in [0.2, 0.25) is 0 Å². The highest BCUT2D eigenvalue weighted by Gasteiger charge is 2.08. The molecule has 0 unspecified atom stereocenters. The van der Waals surface area contributed by atoms with Gasteiger partial charge in [-0.25, -0.2) is 0 Å². The first-order valence-corrected chi connectivity index (χ1v) is 6.55. The minimum atomic E-state index is 0.231. The Morgan fingerprint density at radius 2 is 2.00 bits per heavy atom. The van der Waals surface area contributed by atoms with E-state index in [1.807, 2.05) is 23.6 Å². The quantitative estimate of drug-likeness (QED) is 0.867. The van der Waals surface area contributed by atoms with Gasteiger partial charge < -0.3 is 0 Å². The first kappa shape index (κ1) is 11.5. The van der Waals surface area contributed by atoms with E-state index in [0.29, 0.717) is 12.8 Å². The molecule has 2 aromatic rings. The van der Waals surface area contributed by atoms with Crippen LogP contribution in [0.3, 0.4) is 0 Å². The minimum absolute atomic E-state index is 0.231. The summed E-state index contributed by atoms with van der Waals surface area (Å²) in [5, 5.41) is 1.99. The van der Waals surface area contributed by atoms with Gasteiger partial charge in [0.15, 0.2) is 0 Å². The molecule has 2 aromatic heterocycles. The number of Topliss-reactive ketones (excluding diaryl/α,β-unsaturated/α-hetero) is 1. The molecule has 0 amide bonds. The van der Waals surface area contributed by atoms with Crippen LogP contribution in [0, 0.1) is 0 Å². The van der Waals surface area contributed by atoms with Crippen molar-refractivity contribution in [3.05, 3.63) is 50.9 Å². The maximum Gasteiger partial charge on any atom is 0.142 e. The highest BCUT2D eigenvalue weighted by atomic mass is 79.9. The van der Waals surface area contributed by atoms with Gasteiger partial charge in [0.1, 0.15) is 5.78 Å². The average molecular weight is 296 g/mol. The summed E-state index contributed by atoms with van der Waals surface area (Å²) in [4.78, 5) is 16.8. The highest BCUT2D eigenvalue weighted by Crippen LogP contribution is 2.23. The second-order valence-corrected chi connectivity index (χ2v) is 5.29. The lowest BCUT2D eigenvalue weighted by Crippen LogP contribution is -2.05. The van der Waals surface area contributed by atoms with Gasteiger partial charge in [-0.15, -0.1) is 11.3 Å². The number of pyridine rings is 1. The Hall–Kier alpha value is -1.00. The molecule has 2 nitrogen and oxygen atoms in total. The number of hydrogen-bond donors (Lipinski definition) is 0. The van der Waals surface area contributed by atoms with Gasteiger partial charge in [0, 0.05) is 34.6 Å². The van der Waals surface area contributed by atoms with E-state index in [0.717, 1.165) is 14.9 Å². The Bertz CT molecular complexity index is 481. The standard InChI is InChI=1S/C12H10BrNOS/c13-11-3-6-16-12(11)8-10(15)7-9-1-4-14-5-2-9/h1-6H,7-8H2. The van der Waals surface area contributed by atoms with E-state index in [4.69, 9.17) is 0 Å². The van der Waals surface area contributed by atoms with Crippen molar-refractivity contribution in [1.82, 2.24) is 4.98 Å². The third-order valence-electron chi connectivity index (χ3n) is 2.20. The van der Waals surface area contributed by atoms with Crippen LogP contribution in [0.4, 0.5) is 0 Å². The number of hydrogen-bond acceptors (Lipinski definition) is 3. The lowest BCUT2D eigenvalue weighted by molar-refractivity contribution is -0.117. The molecule has 0 saturated heterocycles. The summed E-state index contributed by atoms with van der Waals surface area (Å²) in [5.41, 5.74) is 1.02. The first-order chi connectivity index (χ1) is 7.75. The van der Waals surface area contributed by atoms with Gasteiger partial charge in [-0.3, -0.25) is 9.78 Å². The van der Waals surface area contributed by atoms with Crippen LogP contribution in [0.25, 0.3) is 0 Å². The Kier molecular flexibility index (Phi) is 3.85. The van der Waals surface area contributed by atoms with Gasteiger partial charge in [-0.2, -0.15) is 0 Å². The summed E-state index contributed by atoms with van der Waals surface area (Å²) in [7, 11) is 0. The third-order valence-corrected chi connectivity index (χ3v) is 4.13. The maximum atomic E-state index is 11.8. The number of aromatic nitrogens is 1. The SMILES string of the molecule is O=C(Cc1ccncc1)Cc1sccc1Br. The minimum Gasteiger partial charge on any atom is -0.299 e. The van der Waals surface area contributed by atoms with Crippen molar-refractivity contribution in [2.45, 2.75) is 12.8 Å². The van der Waals surface area contributed by atoms with Crippen LogP contribution in [-0.2, 0) is 17.6 Å². The Balaban J connectivity index is 1.98. The molecule has 2 heterocycles. The Morgan fingerprint density at radius 3 is 2.62 bits per heavy atom. The second-order valence-electron chi connectivity index (χ2n) is 3.44. The molecule has 0 N–H and O–H groups in total. The van der Waals surface area contributed by atoms with E-state index < -0.39 is 0 Å². The third kappa shape index (κ3) is 3.00. The second kappa shape index (κ2) is 5.37. The molecule has 4 heteroatoms. The zero-order chi connectivity index (χ0) is 11.4. The fourth-order valence-corrected chi connectivity index (χ4v) is 2.94. The van der Waals surface area contributed by atoms with E-state index in [2.05, 4.69) is 20.9 Å². The molecular formula is C12H10BrNOS. The van der Waals surface area contributed by atoms with Gasteiger partial charge >= 0.3 is 0 Å². The van der Waals surface area contributed by atoms with E-state index in [1.54, 1.807) is 23.7 Å². The van der Waals surface area contributed by atoms with Crippen LogP contribution >= 0.6 is 27.3 Å². The van der Waals surface area contributed by atoms with E-state index in [-0.39, 0.29) is 5.78 Å². The van der Waals surface area contributed by atoms with Gasteiger partial charge in [-0.05, 0) is 45.1 Å². The average Bonchev–Trinajstić information content (AvgIpc) is 2.66. The summed E-state index contributed by atoms with van der Waals surface area (Å²) < 4.78 is 1.03. The van der Waals surface area contributed by atoms with Crippen molar-refractivity contribution < 1.29 is 4.79 Å². The molecule has 0 radical (unpaired) electrons. The van der Waals surface area contributed by atoms with Gasteiger partial charge in [-0.1, -0.05) is 0 Å². The molecule has 0 spiro atoms. The number of rotatable bonds is 4. The van der Waals surface area contributed by atoms with Crippen LogP contribution in [-0.4, -0.2) is 10.8 Å². The maximum absolute atomic E-state index is 11.8. The zero-order valence-electron chi connectivity index (χ0n) is 8.52. The molecule has 16 heavy (non-hydrogen) atoms. The number of carbonyl (C=O) groups is 1. The molecule has 0 fully saturated rings. The van der Waals surface area contributed by atoms with Gasteiger partial charge in [0.05, 0.1) is 0 Å². The number of thiophene rings is 1. The van der Waals surface area contributed by atoms with Crippen molar-refractivity contribution >= 4 is 33.0 Å². The number of ketones is 1. The lowest BCUT2D eigenvalue weighted by Gasteiger charge is -2.00. The predicted octanol–water partition coefficient (Wildman–Crippen LogP) is 3.26. The highest BCUT2D eigenvalue weighted by molar-refractivity contribution is 9.10. The fraction of sp³-hybridized carbons (Fsp3) is 0.167. The summed E-state index contributed by atoms with van der Waals surface area (Å²) in [6.07, 6.45) is 4.40. The predicted molar refractivity (Wildman–Crippen MR) is 68.7 cm³/mol. The Morgan fingerprint density at radius 1 is 1.25 bits per heavy atom. The molecule has 0 aromatic carbocycles. The Labute approximate surface area is 106 Å². The fourth-order valence-electron chi connectivity index (χ4n) is 1.42. The molecule has 0 bridgehead atoms. The topological polar surface area (TPSA) is 30.0 Å². The molecule has 82 valence electrons. The van der Waals surface area contributed by atoms with Crippen LogP contribution < -0.4 is 0 Å². The van der Waals surface area contributed by atoms with Crippen molar-refractivity contribution in [3.63, 3.8) is 0 Å². The summed E-state index contributed by atoms with van der Waals surface area (Å²) in [6.45, 7) is 0. The van der Waals surface area contributed by atoms with Crippen molar-refractivity contribution in [2.75, 3.05) is 0 Å². The molecule has 0 atom stereocenters. The monoisotopic (exact) mass is 295 g/mol. The molecule has 2 rings (SSSR count). The summed E-state index contributed by atoms with van der Waals surface area (Å²) >= 11 is 5.04. The van der Waals surface area contributed by atoms with E-state index in [9.17, 15) is 4.79 Å². The molecule has 0 aliphatic rings. The van der Waals surface area contributed by atoms with Crippen LogP contribution in [0.5, 0.6) is 0 Å². The van der Waals surface area contributed by atoms with Crippen molar-refractivity contribution in [3.8, 4) is 0 Å². The van der Waals surface area contributed by atoms with Crippen molar-refractivity contribution in [1.29, 1.82) is 0 Å². The van der Waals surface area contributed by atoms with Gasteiger partial charge in [0.2, 0.25) is 0 Å². The van der Waals surface area contributed by atoms with Gasteiger partial charge in [0.25, 0.3) is 0 Å². The normalized spacial score (nSPS) is 10.3.